The second-order valence-corrected chi connectivity index (χ2v) is 9.92. The lowest BCUT2D eigenvalue weighted by Gasteiger charge is -2.40. The molecule has 4 rings (SSSR count). The van der Waals surface area contributed by atoms with Gasteiger partial charge in [-0.1, -0.05) is 6.58 Å². The first-order chi connectivity index (χ1) is 17.2. The predicted molar refractivity (Wildman–Crippen MR) is 121 cm³/mol. The first kappa shape index (κ1) is 27.0. The molecule has 0 amide bonds. The van der Waals surface area contributed by atoms with Crippen LogP contribution in [0.5, 0.6) is 0 Å². The maximum absolute atomic E-state index is 12.8. The van der Waals surface area contributed by atoms with Gasteiger partial charge in [0.15, 0.2) is 0 Å². The maximum Gasteiger partial charge on any atom is 0.338 e. The molecule has 12 nitrogen and oxygen atoms in total. The molecule has 0 aromatic rings. The fourth-order valence-corrected chi connectivity index (χ4v) is 5.40. The fourth-order valence-electron chi connectivity index (χ4n) is 5.40. The molecule has 1 fully saturated rings. The number of carbonyl (C=O) groups excluding carboxylic acids is 4. The van der Waals surface area contributed by atoms with Crippen LogP contribution in [-0.2, 0) is 47.6 Å². The molecule has 0 aromatic heterocycles. The summed E-state index contributed by atoms with van der Waals surface area (Å²) in [4.78, 5) is 49.5. The smallest absolute Gasteiger partial charge is 0.338 e. The zero-order valence-corrected chi connectivity index (χ0v) is 21.1. The van der Waals surface area contributed by atoms with Crippen LogP contribution in [0.3, 0.4) is 0 Å². The van der Waals surface area contributed by atoms with Crippen LogP contribution >= 0.6 is 0 Å². The first-order valence-electron chi connectivity index (χ1n) is 11.7. The molecule has 12 heteroatoms. The van der Waals surface area contributed by atoms with Crippen LogP contribution in [0.4, 0.5) is 0 Å². The van der Waals surface area contributed by atoms with Gasteiger partial charge >= 0.3 is 23.9 Å². The number of fused-ring (bicyclic) bond motifs is 5. The summed E-state index contributed by atoms with van der Waals surface area (Å²) in [6, 6.07) is 0. The Bertz CT molecular complexity index is 1120. The zero-order chi connectivity index (χ0) is 27.5. The Hall–Kier alpha value is -3.06. The normalized spacial score (nSPS) is 40.4. The van der Waals surface area contributed by atoms with Crippen molar-refractivity contribution in [3.05, 3.63) is 35.5 Å². The lowest BCUT2D eigenvalue weighted by molar-refractivity contribution is -0.322. The van der Waals surface area contributed by atoms with E-state index in [9.17, 15) is 29.4 Å². The highest BCUT2D eigenvalue weighted by molar-refractivity contribution is 5.93. The van der Waals surface area contributed by atoms with Gasteiger partial charge in [0.05, 0.1) is 12.7 Å². The van der Waals surface area contributed by atoms with Crippen molar-refractivity contribution in [2.24, 2.45) is 5.92 Å². The monoisotopic (exact) mass is 522 g/mol. The Morgan fingerprint density at radius 3 is 2.49 bits per heavy atom. The fraction of sp³-hybridized carbons (Fsp3) is 0.600. The summed E-state index contributed by atoms with van der Waals surface area (Å²) >= 11 is 0. The van der Waals surface area contributed by atoms with Gasteiger partial charge in [0, 0.05) is 37.3 Å². The molecular formula is C25H30O12. The highest BCUT2D eigenvalue weighted by Gasteiger charge is 2.70. The van der Waals surface area contributed by atoms with Gasteiger partial charge in [-0.25, -0.2) is 9.59 Å². The Balaban J connectivity index is 1.89. The van der Waals surface area contributed by atoms with Gasteiger partial charge in [0.2, 0.25) is 5.79 Å². The van der Waals surface area contributed by atoms with E-state index < -0.39 is 71.4 Å². The molecule has 0 aliphatic carbocycles. The number of aliphatic hydroxyl groups excluding tert-OH is 1. The highest BCUT2D eigenvalue weighted by atomic mass is 16.8. The third-order valence-corrected chi connectivity index (χ3v) is 7.10. The number of hydrogen-bond acceptors (Lipinski definition) is 12. The van der Waals surface area contributed by atoms with Crippen LogP contribution in [0.25, 0.3) is 0 Å². The van der Waals surface area contributed by atoms with Gasteiger partial charge < -0.3 is 33.9 Å². The maximum atomic E-state index is 12.8. The minimum Gasteiger partial charge on any atom is -0.466 e. The summed E-state index contributed by atoms with van der Waals surface area (Å²) in [7, 11) is 1.10. The number of esters is 4. The van der Waals surface area contributed by atoms with E-state index in [0.29, 0.717) is 0 Å². The number of epoxide rings is 1. The molecule has 37 heavy (non-hydrogen) atoms. The van der Waals surface area contributed by atoms with Crippen LogP contribution in [0, 0.1) is 5.92 Å². The Kier molecular flexibility index (Phi) is 6.60. The van der Waals surface area contributed by atoms with Gasteiger partial charge in [-0.2, -0.15) is 0 Å². The third-order valence-electron chi connectivity index (χ3n) is 7.10. The molecule has 4 aliphatic heterocycles. The van der Waals surface area contributed by atoms with Crippen molar-refractivity contribution in [2.75, 3.05) is 7.11 Å². The van der Waals surface area contributed by atoms with Crippen LogP contribution in [0.2, 0.25) is 0 Å². The molecule has 4 bridgehead atoms. The van der Waals surface area contributed by atoms with E-state index in [0.717, 1.165) is 21.0 Å². The van der Waals surface area contributed by atoms with Gasteiger partial charge in [0.1, 0.15) is 30.0 Å². The molecule has 0 radical (unpaired) electrons. The van der Waals surface area contributed by atoms with E-state index in [-0.39, 0.29) is 29.6 Å². The minimum atomic E-state index is -2.28. The number of methoxy groups -OCH3 is 1. The summed E-state index contributed by atoms with van der Waals surface area (Å²) in [6.45, 7) is 9.10. The molecule has 4 heterocycles. The van der Waals surface area contributed by atoms with E-state index in [2.05, 4.69) is 6.58 Å². The molecule has 202 valence electrons. The van der Waals surface area contributed by atoms with E-state index in [1.54, 1.807) is 6.92 Å². The largest absolute Gasteiger partial charge is 0.466 e. The predicted octanol–water partition coefficient (Wildman–Crippen LogP) is 0.352. The summed E-state index contributed by atoms with van der Waals surface area (Å²) in [5.74, 6) is -9.05. The molecule has 2 N–H and O–H groups in total. The highest BCUT2D eigenvalue weighted by Crippen LogP contribution is 2.55. The standard InChI is InChI=1S/C25H30O12/c1-11-9-24(31)22-23(5,36-22)10-15-7-17(21(30)34-15)18(33-13(3)26)8-16(12(2)20(29)32-6)19(28)25(11,37-24)35-14(4)27/h7,9,15-16,18-19,22,28,31H,2,8,10H2,1,3-6H3. The average Bonchev–Trinajstić information content (AvgIpc) is 3.23. The second kappa shape index (κ2) is 9.05. The molecule has 8 unspecified atom stereocenters. The van der Waals surface area contributed by atoms with Crippen LogP contribution in [0.15, 0.2) is 35.5 Å². The number of ether oxygens (including phenoxy) is 6. The van der Waals surface area contributed by atoms with Crippen molar-refractivity contribution in [3.63, 3.8) is 0 Å². The second-order valence-electron chi connectivity index (χ2n) is 9.92. The average molecular weight is 523 g/mol. The van der Waals surface area contributed by atoms with Crippen molar-refractivity contribution in [3.8, 4) is 0 Å². The number of hydrogen-bond donors (Lipinski definition) is 2. The van der Waals surface area contributed by atoms with Crippen molar-refractivity contribution < 1.29 is 57.8 Å². The van der Waals surface area contributed by atoms with Crippen molar-refractivity contribution in [1.29, 1.82) is 0 Å². The quantitative estimate of drug-likeness (QED) is 0.171. The first-order valence-corrected chi connectivity index (χ1v) is 11.7. The SMILES string of the molecule is C=C(C(=O)OC)C1CC(OC(C)=O)C2=CC(CC3(C)OC3C3(O)C=C(C)C(OC(C)=O)(O3)C1O)OC2=O. The van der Waals surface area contributed by atoms with Crippen LogP contribution in [0.1, 0.15) is 40.5 Å². The van der Waals surface area contributed by atoms with Crippen molar-refractivity contribution in [2.45, 2.75) is 82.1 Å². The molecule has 0 saturated carbocycles. The molecule has 1 saturated heterocycles. The van der Waals surface area contributed by atoms with E-state index >= 15 is 0 Å². The number of rotatable bonds is 4. The summed E-state index contributed by atoms with van der Waals surface area (Å²) in [5, 5.41) is 23.2. The zero-order valence-electron chi connectivity index (χ0n) is 21.1. The third kappa shape index (κ3) is 4.58. The van der Waals surface area contributed by atoms with Gasteiger partial charge in [-0.15, -0.1) is 0 Å². The minimum absolute atomic E-state index is 0.00583. The number of carbonyl (C=O) groups is 4. The van der Waals surface area contributed by atoms with Crippen molar-refractivity contribution in [1.82, 2.24) is 0 Å². The molecular weight excluding hydrogens is 492 g/mol. The topological polar surface area (TPSA) is 167 Å². The summed E-state index contributed by atoms with van der Waals surface area (Å²) in [6.07, 6.45) is -2.42. The Morgan fingerprint density at radius 2 is 1.89 bits per heavy atom. The van der Waals surface area contributed by atoms with Crippen LogP contribution < -0.4 is 0 Å². The Morgan fingerprint density at radius 1 is 1.22 bits per heavy atom. The van der Waals surface area contributed by atoms with Gasteiger partial charge in [-0.05, 0) is 32.4 Å². The summed E-state index contributed by atoms with van der Waals surface area (Å²) in [5.41, 5.74) is -1.20. The molecule has 0 aromatic carbocycles. The van der Waals surface area contributed by atoms with E-state index in [1.807, 2.05) is 0 Å². The van der Waals surface area contributed by atoms with E-state index in [1.165, 1.54) is 19.1 Å². The van der Waals surface area contributed by atoms with Crippen molar-refractivity contribution >= 4 is 23.9 Å². The Labute approximate surface area is 212 Å². The summed E-state index contributed by atoms with van der Waals surface area (Å²) < 4.78 is 32.9. The molecule has 8 atom stereocenters. The lowest BCUT2D eigenvalue weighted by Crippen LogP contribution is -2.56. The van der Waals surface area contributed by atoms with Gasteiger partial charge in [0.25, 0.3) is 5.79 Å². The van der Waals surface area contributed by atoms with Crippen LogP contribution in [-0.4, -0.2) is 82.8 Å². The van der Waals surface area contributed by atoms with Gasteiger partial charge in [-0.3, -0.25) is 14.3 Å². The molecule has 4 aliphatic rings. The number of aliphatic hydroxyl groups is 2. The lowest BCUT2D eigenvalue weighted by atomic mass is 9.81. The molecule has 0 spiro atoms. The van der Waals surface area contributed by atoms with E-state index in [4.69, 9.17) is 28.4 Å².